The summed E-state index contributed by atoms with van der Waals surface area (Å²) in [7, 11) is 0. The summed E-state index contributed by atoms with van der Waals surface area (Å²) in [6.07, 6.45) is 0. The minimum absolute atomic E-state index is 0.0180. The van der Waals surface area contributed by atoms with Gasteiger partial charge in [0.1, 0.15) is 0 Å². The average Bonchev–Trinajstić information content (AvgIpc) is 2.77. The lowest BCUT2D eigenvalue weighted by Gasteiger charge is -2.26. The molecule has 0 radical (unpaired) electrons. The monoisotopic (exact) mass is 240 g/mol. The molecule has 1 saturated heterocycles. The third-order valence-corrected chi connectivity index (χ3v) is 2.54. The van der Waals surface area contributed by atoms with E-state index in [1.54, 1.807) is 6.92 Å². The number of morpholine rings is 1. The van der Waals surface area contributed by atoms with Crippen LogP contribution in [0.1, 0.15) is 16.6 Å². The molecule has 1 fully saturated rings. The Labute approximate surface area is 99.1 Å². The van der Waals surface area contributed by atoms with Crippen LogP contribution in [0.4, 0.5) is 0 Å². The van der Waals surface area contributed by atoms with Gasteiger partial charge in [0.05, 0.1) is 13.2 Å². The number of aromatic nitrogens is 2. The molecule has 2 rings (SSSR count). The maximum atomic E-state index is 11.5. The number of amides is 1. The molecule has 0 aromatic carbocycles. The lowest BCUT2D eigenvalue weighted by molar-refractivity contribution is 0.0382. The van der Waals surface area contributed by atoms with E-state index in [2.05, 4.69) is 20.4 Å². The van der Waals surface area contributed by atoms with Crippen molar-refractivity contribution in [3.05, 3.63) is 11.8 Å². The summed E-state index contributed by atoms with van der Waals surface area (Å²) in [4.78, 5) is 13.8. The van der Waals surface area contributed by atoms with Crippen molar-refractivity contribution in [3.63, 3.8) is 0 Å². The minimum Gasteiger partial charge on any atom is -0.417 e. The number of nitrogens with one attached hydrogen (secondary N) is 1. The van der Waals surface area contributed by atoms with Crippen LogP contribution in [-0.2, 0) is 4.74 Å². The molecule has 7 nitrogen and oxygen atoms in total. The molecule has 0 atom stereocenters. The largest absolute Gasteiger partial charge is 0.417 e. The van der Waals surface area contributed by atoms with Crippen LogP contribution >= 0.6 is 0 Å². The van der Waals surface area contributed by atoms with Crippen LogP contribution in [0.25, 0.3) is 0 Å². The molecule has 0 unspecified atom stereocenters. The Kier molecular flexibility index (Phi) is 4.05. The zero-order chi connectivity index (χ0) is 12.1. The molecule has 1 aliphatic rings. The summed E-state index contributed by atoms with van der Waals surface area (Å²) in [6, 6.07) is 0. The highest BCUT2D eigenvalue weighted by Crippen LogP contribution is 1.98. The maximum absolute atomic E-state index is 11.5. The Hall–Kier alpha value is -1.47. The predicted octanol–water partition coefficient (Wildman–Crippen LogP) is -0.560. The van der Waals surface area contributed by atoms with Gasteiger partial charge in [0.25, 0.3) is 0 Å². The number of carbonyl (C=O) groups is 1. The summed E-state index contributed by atoms with van der Waals surface area (Å²) >= 11 is 0. The number of hydrogen-bond donors (Lipinski definition) is 1. The molecule has 94 valence electrons. The first kappa shape index (κ1) is 12.0. The molecule has 0 spiro atoms. The molecule has 2 heterocycles. The van der Waals surface area contributed by atoms with Gasteiger partial charge < -0.3 is 14.5 Å². The van der Waals surface area contributed by atoms with Gasteiger partial charge in [-0.25, -0.2) is 0 Å². The number of hydrogen-bond acceptors (Lipinski definition) is 6. The second-order valence-corrected chi connectivity index (χ2v) is 3.84. The number of nitrogens with zero attached hydrogens (tertiary/aromatic N) is 3. The third kappa shape index (κ3) is 3.50. The van der Waals surface area contributed by atoms with Crippen molar-refractivity contribution in [2.24, 2.45) is 0 Å². The van der Waals surface area contributed by atoms with E-state index in [-0.39, 0.29) is 11.8 Å². The van der Waals surface area contributed by atoms with Gasteiger partial charge in [-0.3, -0.25) is 9.69 Å². The van der Waals surface area contributed by atoms with Crippen molar-refractivity contribution in [2.75, 3.05) is 39.4 Å². The van der Waals surface area contributed by atoms with Crippen LogP contribution in [0.2, 0.25) is 0 Å². The Morgan fingerprint density at radius 1 is 1.41 bits per heavy atom. The Bertz CT molecular complexity index is 373. The smallest absolute Gasteiger partial charge is 0.308 e. The standard InChI is InChI=1S/C10H16N4O3/c1-8-12-13-10(17-8)9(15)11-2-3-14-4-6-16-7-5-14/h2-7H2,1H3,(H,11,15). The van der Waals surface area contributed by atoms with Crippen LogP contribution in [-0.4, -0.2) is 60.4 Å². The van der Waals surface area contributed by atoms with Crippen molar-refractivity contribution < 1.29 is 13.9 Å². The van der Waals surface area contributed by atoms with Gasteiger partial charge in [0.2, 0.25) is 5.89 Å². The lowest BCUT2D eigenvalue weighted by Crippen LogP contribution is -2.41. The van der Waals surface area contributed by atoms with E-state index >= 15 is 0 Å². The van der Waals surface area contributed by atoms with Crippen LogP contribution in [0.5, 0.6) is 0 Å². The highest BCUT2D eigenvalue weighted by atomic mass is 16.5. The highest BCUT2D eigenvalue weighted by molar-refractivity contribution is 5.89. The molecule has 0 aliphatic carbocycles. The average molecular weight is 240 g/mol. The molecule has 0 saturated carbocycles. The van der Waals surface area contributed by atoms with Gasteiger partial charge in [0.15, 0.2) is 0 Å². The number of rotatable bonds is 4. The molecule has 17 heavy (non-hydrogen) atoms. The van der Waals surface area contributed by atoms with Gasteiger partial charge in [-0.1, -0.05) is 0 Å². The molecule has 0 bridgehead atoms. The third-order valence-electron chi connectivity index (χ3n) is 2.54. The maximum Gasteiger partial charge on any atom is 0.308 e. The van der Waals surface area contributed by atoms with E-state index in [1.807, 2.05) is 0 Å². The first-order valence-electron chi connectivity index (χ1n) is 5.64. The van der Waals surface area contributed by atoms with E-state index in [1.165, 1.54) is 0 Å². The summed E-state index contributed by atoms with van der Waals surface area (Å²) < 4.78 is 10.3. The molecule has 1 amide bonds. The topological polar surface area (TPSA) is 80.5 Å². The number of carbonyl (C=O) groups excluding carboxylic acids is 1. The van der Waals surface area contributed by atoms with Crippen LogP contribution in [0, 0.1) is 6.92 Å². The van der Waals surface area contributed by atoms with Crippen molar-refractivity contribution >= 4 is 5.91 Å². The van der Waals surface area contributed by atoms with E-state index in [0.29, 0.717) is 12.4 Å². The Balaban J connectivity index is 1.69. The Morgan fingerprint density at radius 2 is 2.18 bits per heavy atom. The quantitative estimate of drug-likeness (QED) is 0.760. The van der Waals surface area contributed by atoms with Crippen LogP contribution in [0.15, 0.2) is 4.42 Å². The fraction of sp³-hybridized carbons (Fsp3) is 0.700. The van der Waals surface area contributed by atoms with Gasteiger partial charge in [-0.05, 0) is 0 Å². The number of ether oxygens (including phenoxy) is 1. The first-order valence-corrected chi connectivity index (χ1v) is 5.64. The van der Waals surface area contributed by atoms with Crippen molar-refractivity contribution in [1.29, 1.82) is 0 Å². The van der Waals surface area contributed by atoms with Gasteiger partial charge >= 0.3 is 11.8 Å². The molecular formula is C10H16N4O3. The molecule has 1 aromatic rings. The second kappa shape index (κ2) is 5.74. The minimum atomic E-state index is -0.321. The lowest BCUT2D eigenvalue weighted by atomic mass is 10.4. The zero-order valence-electron chi connectivity index (χ0n) is 9.81. The molecular weight excluding hydrogens is 224 g/mol. The summed E-state index contributed by atoms with van der Waals surface area (Å²) in [5, 5.41) is 9.99. The van der Waals surface area contributed by atoms with Gasteiger partial charge in [0, 0.05) is 33.1 Å². The van der Waals surface area contributed by atoms with E-state index in [4.69, 9.17) is 9.15 Å². The fourth-order valence-corrected chi connectivity index (χ4v) is 1.62. The van der Waals surface area contributed by atoms with Crippen molar-refractivity contribution in [3.8, 4) is 0 Å². The highest BCUT2D eigenvalue weighted by Gasteiger charge is 2.14. The Morgan fingerprint density at radius 3 is 2.82 bits per heavy atom. The van der Waals surface area contributed by atoms with E-state index < -0.39 is 0 Å². The predicted molar refractivity (Wildman–Crippen MR) is 58.6 cm³/mol. The van der Waals surface area contributed by atoms with E-state index in [9.17, 15) is 4.79 Å². The van der Waals surface area contributed by atoms with E-state index in [0.717, 1.165) is 32.8 Å². The summed E-state index contributed by atoms with van der Waals surface area (Å²) in [5.41, 5.74) is 0. The first-order chi connectivity index (χ1) is 8.25. The summed E-state index contributed by atoms with van der Waals surface area (Å²) in [5.74, 6) is 0.0895. The zero-order valence-corrected chi connectivity index (χ0v) is 9.81. The normalized spacial score (nSPS) is 17.0. The summed E-state index contributed by atoms with van der Waals surface area (Å²) in [6.45, 7) is 6.37. The van der Waals surface area contributed by atoms with Crippen LogP contribution in [0.3, 0.4) is 0 Å². The van der Waals surface area contributed by atoms with Crippen LogP contribution < -0.4 is 5.32 Å². The molecule has 7 heteroatoms. The van der Waals surface area contributed by atoms with Gasteiger partial charge in [-0.15, -0.1) is 10.2 Å². The number of aryl methyl sites for hydroxylation is 1. The molecule has 1 aliphatic heterocycles. The second-order valence-electron chi connectivity index (χ2n) is 3.84. The fourth-order valence-electron chi connectivity index (χ4n) is 1.62. The van der Waals surface area contributed by atoms with Crippen molar-refractivity contribution in [2.45, 2.75) is 6.92 Å². The van der Waals surface area contributed by atoms with Gasteiger partial charge in [-0.2, -0.15) is 0 Å². The van der Waals surface area contributed by atoms with Crippen molar-refractivity contribution in [1.82, 2.24) is 20.4 Å². The molecule has 1 N–H and O–H groups in total. The molecule has 1 aromatic heterocycles. The SMILES string of the molecule is Cc1nnc(C(=O)NCCN2CCOCC2)o1.